The molecule has 124 valence electrons. The van der Waals surface area contributed by atoms with E-state index in [2.05, 4.69) is 0 Å². The summed E-state index contributed by atoms with van der Waals surface area (Å²) in [6.07, 6.45) is 0. The van der Waals surface area contributed by atoms with E-state index in [1.165, 1.54) is 20.3 Å². The van der Waals surface area contributed by atoms with Crippen LogP contribution >= 0.6 is 0 Å². The average Bonchev–Trinajstić information content (AvgIpc) is 2.63. The molecule has 3 rings (SSSR count). The van der Waals surface area contributed by atoms with Gasteiger partial charge in [-0.3, -0.25) is 4.79 Å². The summed E-state index contributed by atoms with van der Waals surface area (Å²) in [5, 5.41) is 10.5. The second-order valence-corrected chi connectivity index (χ2v) is 5.04. The Labute approximate surface area is 137 Å². The van der Waals surface area contributed by atoms with Crippen LogP contribution in [0.4, 0.5) is 0 Å². The molecule has 0 unspecified atom stereocenters. The molecule has 0 aliphatic heterocycles. The number of rotatable bonds is 4. The first kappa shape index (κ1) is 15.7. The van der Waals surface area contributed by atoms with E-state index in [1.54, 1.807) is 37.4 Å². The Morgan fingerprint density at radius 2 is 1.54 bits per heavy atom. The smallest absolute Gasteiger partial charge is 0.235 e. The fraction of sp³-hybridized carbons (Fsp3) is 0.167. The SMILES string of the molecule is COc1ccc(-c2oc3cc(OC)c(OC)cc3c(=O)c2O)cc1. The van der Waals surface area contributed by atoms with Crippen molar-refractivity contribution in [3.63, 3.8) is 0 Å². The van der Waals surface area contributed by atoms with E-state index in [9.17, 15) is 9.90 Å². The van der Waals surface area contributed by atoms with E-state index >= 15 is 0 Å². The van der Waals surface area contributed by atoms with Crippen molar-refractivity contribution in [2.75, 3.05) is 21.3 Å². The van der Waals surface area contributed by atoms with Crippen LogP contribution in [0.2, 0.25) is 0 Å². The molecule has 6 heteroatoms. The van der Waals surface area contributed by atoms with Gasteiger partial charge in [-0.25, -0.2) is 0 Å². The Kier molecular flexibility index (Phi) is 4.04. The average molecular weight is 328 g/mol. The molecule has 3 aromatic rings. The molecule has 0 spiro atoms. The number of benzene rings is 2. The van der Waals surface area contributed by atoms with E-state index < -0.39 is 11.2 Å². The van der Waals surface area contributed by atoms with Gasteiger partial charge in [-0.2, -0.15) is 0 Å². The predicted octanol–water partition coefficient (Wildman–Crippen LogP) is 3.19. The van der Waals surface area contributed by atoms with E-state index in [4.69, 9.17) is 18.6 Å². The van der Waals surface area contributed by atoms with E-state index in [-0.39, 0.29) is 11.1 Å². The lowest BCUT2D eigenvalue weighted by Gasteiger charge is -2.10. The summed E-state index contributed by atoms with van der Waals surface area (Å²) in [4.78, 5) is 12.5. The second kappa shape index (κ2) is 6.16. The van der Waals surface area contributed by atoms with Gasteiger partial charge < -0.3 is 23.7 Å². The Hall–Kier alpha value is -3.15. The maximum Gasteiger partial charge on any atom is 0.235 e. The number of fused-ring (bicyclic) bond motifs is 1. The van der Waals surface area contributed by atoms with Crippen molar-refractivity contribution in [2.24, 2.45) is 0 Å². The Morgan fingerprint density at radius 1 is 0.917 bits per heavy atom. The van der Waals surface area contributed by atoms with Crippen LogP contribution in [0, 0.1) is 0 Å². The number of hydrogen-bond acceptors (Lipinski definition) is 6. The van der Waals surface area contributed by atoms with Gasteiger partial charge in [-0.15, -0.1) is 0 Å². The largest absolute Gasteiger partial charge is 0.502 e. The van der Waals surface area contributed by atoms with Gasteiger partial charge >= 0.3 is 0 Å². The lowest BCUT2D eigenvalue weighted by molar-refractivity contribution is 0.355. The third-order valence-corrected chi connectivity index (χ3v) is 3.72. The highest BCUT2D eigenvalue weighted by molar-refractivity contribution is 5.85. The third kappa shape index (κ3) is 2.52. The van der Waals surface area contributed by atoms with Crippen molar-refractivity contribution in [1.82, 2.24) is 0 Å². The second-order valence-electron chi connectivity index (χ2n) is 5.04. The first-order valence-corrected chi connectivity index (χ1v) is 7.15. The van der Waals surface area contributed by atoms with Gasteiger partial charge in [0.15, 0.2) is 17.3 Å². The molecular weight excluding hydrogens is 312 g/mol. The molecule has 0 aliphatic carbocycles. The van der Waals surface area contributed by atoms with Crippen LogP contribution in [-0.4, -0.2) is 26.4 Å². The van der Waals surface area contributed by atoms with Crippen molar-refractivity contribution in [3.05, 3.63) is 46.6 Å². The summed E-state index contributed by atoms with van der Waals surface area (Å²) in [5.41, 5.74) is 0.311. The van der Waals surface area contributed by atoms with E-state index in [1.807, 2.05) is 0 Å². The first-order valence-electron chi connectivity index (χ1n) is 7.15. The molecule has 2 aromatic carbocycles. The molecule has 0 saturated heterocycles. The van der Waals surface area contributed by atoms with E-state index in [0.717, 1.165) is 0 Å². The monoisotopic (exact) mass is 328 g/mol. The van der Waals surface area contributed by atoms with Gasteiger partial charge in [0.1, 0.15) is 11.3 Å². The van der Waals surface area contributed by atoms with E-state index in [0.29, 0.717) is 28.4 Å². The molecule has 6 nitrogen and oxygen atoms in total. The lowest BCUT2D eigenvalue weighted by Crippen LogP contribution is -2.03. The van der Waals surface area contributed by atoms with Gasteiger partial charge in [0.25, 0.3) is 0 Å². The van der Waals surface area contributed by atoms with Crippen LogP contribution in [0.15, 0.2) is 45.6 Å². The first-order chi connectivity index (χ1) is 11.6. The molecule has 24 heavy (non-hydrogen) atoms. The van der Waals surface area contributed by atoms with Gasteiger partial charge in [0, 0.05) is 11.6 Å². The molecule has 0 saturated carbocycles. The Bertz CT molecular complexity index is 940. The zero-order chi connectivity index (χ0) is 17.3. The van der Waals surface area contributed by atoms with Gasteiger partial charge in [0.05, 0.1) is 26.7 Å². The summed E-state index contributed by atoms with van der Waals surface area (Å²) in [7, 11) is 4.52. The number of hydrogen-bond donors (Lipinski definition) is 1. The number of methoxy groups -OCH3 is 3. The summed E-state index contributed by atoms with van der Waals surface area (Å²) >= 11 is 0. The van der Waals surface area contributed by atoms with Crippen molar-refractivity contribution in [1.29, 1.82) is 0 Å². The minimum absolute atomic E-state index is 0.0855. The molecule has 1 N–H and O–H groups in total. The zero-order valence-electron chi connectivity index (χ0n) is 13.5. The molecular formula is C18H16O6. The summed E-state index contributed by atoms with van der Waals surface area (Å²) in [6.45, 7) is 0. The van der Waals surface area contributed by atoms with Crippen LogP contribution < -0.4 is 19.6 Å². The molecule has 1 heterocycles. The minimum atomic E-state index is -0.539. The van der Waals surface area contributed by atoms with Crippen molar-refractivity contribution in [2.45, 2.75) is 0 Å². The molecule has 0 fully saturated rings. The predicted molar refractivity (Wildman–Crippen MR) is 89.2 cm³/mol. The summed E-state index contributed by atoms with van der Waals surface area (Å²) in [6, 6.07) is 9.87. The maximum absolute atomic E-state index is 12.5. The maximum atomic E-state index is 12.5. The van der Waals surface area contributed by atoms with Crippen molar-refractivity contribution >= 4 is 11.0 Å². The highest BCUT2D eigenvalue weighted by Gasteiger charge is 2.18. The highest BCUT2D eigenvalue weighted by atomic mass is 16.5. The Balaban J connectivity index is 2.26. The van der Waals surface area contributed by atoms with Gasteiger partial charge in [-0.05, 0) is 30.3 Å². The Morgan fingerprint density at radius 3 is 2.12 bits per heavy atom. The zero-order valence-corrected chi connectivity index (χ0v) is 13.5. The molecule has 0 atom stereocenters. The number of aromatic hydroxyl groups is 1. The normalized spacial score (nSPS) is 10.6. The standard InChI is InChI=1S/C18H16O6/c1-21-11-6-4-10(5-7-11)18-17(20)16(19)12-8-14(22-2)15(23-3)9-13(12)24-18/h4-9,20H,1-3H3. The van der Waals surface area contributed by atoms with Crippen LogP contribution in [0.1, 0.15) is 0 Å². The fourth-order valence-electron chi connectivity index (χ4n) is 2.45. The quantitative estimate of drug-likeness (QED) is 0.792. The number of ether oxygens (including phenoxy) is 3. The van der Waals surface area contributed by atoms with Crippen LogP contribution in [0.3, 0.4) is 0 Å². The van der Waals surface area contributed by atoms with Gasteiger partial charge in [0.2, 0.25) is 11.2 Å². The minimum Gasteiger partial charge on any atom is -0.502 e. The fourth-order valence-corrected chi connectivity index (χ4v) is 2.45. The topological polar surface area (TPSA) is 78.1 Å². The summed E-state index contributed by atoms with van der Waals surface area (Å²) in [5.74, 6) is 1.10. The van der Waals surface area contributed by atoms with Crippen LogP contribution in [-0.2, 0) is 0 Å². The summed E-state index contributed by atoms with van der Waals surface area (Å²) < 4.78 is 21.3. The molecule has 0 aliphatic rings. The molecule has 1 aromatic heterocycles. The van der Waals surface area contributed by atoms with Crippen LogP contribution in [0.5, 0.6) is 23.0 Å². The van der Waals surface area contributed by atoms with Gasteiger partial charge in [-0.1, -0.05) is 0 Å². The van der Waals surface area contributed by atoms with Crippen molar-refractivity contribution < 1.29 is 23.7 Å². The molecule has 0 radical (unpaired) electrons. The third-order valence-electron chi connectivity index (χ3n) is 3.72. The lowest BCUT2D eigenvalue weighted by atomic mass is 10.1. The van der Waals surface area contributed by atoms with Crippen molar-refractivity contribution in [3.8, 4) is 34.3 Å². The van der Waals surface area contributed by atoms with Crippen LogP contribution in [0.25, 0.3) is 22.3 Å². The molecule has 0 bridgehead atoms. The molecule has 0 amide bonds. The highest BCUT2D eigenvalue weighted by Crippen LogP contribution is 2.36.